The van der Waals surface area contributed by atoms with Gasteiger partial charge in [0.1, 0.15) is 0 Å². The molecule has 0 unspecified atom stereocenters. The van der Waals surface area contributed by atoms with E-state index in [1.54, 1.807) is 11.6 Å². The Kier molecular flexibility index (Phi) is 4.27. The fraction of sp³-hybridized carbons (Fsp3) is 0.600. The Bertz CT molecular complexity index is 885. The summed E-state index contributed by atoms with van der Waals surface area (Å²) in [5.41, 5.74) is -0.107. The number of carbonyl (C=O) groups is 1. The number of imidazole rings is 1. The molecule has 2 aromatic heterocycles. The van der Waals surface area contributed by atoms with Crippen molar-refractivity contribution in [2.24, 2.45) is 14.1 Å². The average Bonchev–Trinajstić information content (AvgIpc) is 3.00. The molecule has 2 aromatic rings. The van der Waals surface area contributed by atoms with Crippen LogP contribution in [0, 0.1) is 0 Å². The number of fused-ring (bicyclic) bond motifs is 1. The standard InChI is InChI=1S/C15H22N6O3/c1-17-6-8-20(9-7-17)11(22)4-5-21-10-16-13-12(21)14(23)19(3)15(24)18(13)2/h10H,4-9H2,1-3H3. The zero-order valence-electron chi connectivity index (χ0n) is 14.2. The van der Waals surface area contributed by atoms with Crippen molar-refractivity contribution >= 4 is 17.1 Å². The molecule has 1 aliphatic rings. The van der Waals surface area contributed by atoms with Gasteiger partial charge in [-0.2, -0.15) is 0 Å². The van der Waals surface area contributed by atoms with Crippen molar-refractivity contribution in [1.82, 2.24) is 28.5 Å². The normalized spacial score (nSPS) is 16.0. The van der Waals surface area contributed by atoms with Crippen LogP contribution in [-0.2, 0) is 25.4 Å². The molecule has 9 nitrogen and oxygen atoms in total. The molecule has 0 N–H and O–H groups in total. The van der Waals surface area contributed by atoms with Crippen LogP contribution < -0.4 is 11.2 Å². The molecule has 0 aromatic carbocycles. The monoisotopic (exact) mass is 334 g/mol. The maximum absolute atomic E-state index is 12.4. The molecular weight excluding hydrogens is 312 g/mol. The quantitative estimate of drug-likeness (QED) is 0.689. The highest BCUT2D eigenvalue weighted by Gasteiger charge is 2.20. The molecule has 0 atom stereocenters. The van der Waals surface area contributed by atoms with Crippen LogP contribution in [0.1, 0.15) is 6.42 Å². The zero-order chi connectivity index (χ0) is 17.4. The molecule has 9 heteroatoms. The first kappa shape index (κ1) is 16.4. The number of piperazine rings is 1. The van der Waals surface area contributed by atoms with E-state index in [9.17, 15) is 14.4 Å². The minimum atomic E-state index is -0.411. The first-order valence-electron chi connectivity index (χ1n) is 7.97. The van der Waals surface area contributed by atoms with Gasteiger partial charge in [-0.15, -0.1) is 0 Å². The zero-order valence-corrected chi connectivity index (χ0v) is 14.2. The van der Waals surface area contributed by atoms with Gasteiger partial charge in [-0.3, -0.25) is 18.7 Å². The molecule has 0 spiro atoms. The maximum Gasteiger partial charge on any atom is 0.332 e. The topological polar surface area (TPSA) is 85.4 Å². The molecule has 3 heterocycles. The van der Waals surface area contributed by atoms with E-state index in [0.717, 1.165) is 30.7 Å². The summed E-state index contributed by atoms with van der Waals surface area (Å²) >= 11 is 0. The van der Waals surface area contributed by atoms with E-state index in [4.69, 9.17) is 0 Å². The highest BCUT2D eigenvalue weighted by atomic mass is 16.2. The van der Waals surface area contributed by atoms with E-state index in [-0.39, 0.29) is 5.91 Å². The Labute approximate surface area is 138 Å². The Hall–Kier alpha value is -2.42. The van der Waals surface area contributed by atoms with Crippen LogP contribution in [-0.4, -0.2) is 67.6 Å². The third-order valence-electron chi connectivity index (χ3n) is 4.64. The van der Waals surface area contributed by atoms with Gasteiger partial charge in [0.25, 0.3) is 5.56 Å². The van der Waals surface area contributed by atoms with Gasteiger partial charge in [-0.25, -0.2) is 9.78 Å². The van der Waals surface area contributed by atoms with Gasteiger partial charge >= 0.3 is 5.69 Å². The third-order valence-corrected chi connectivity index (χ3v) is 4.64. The highest BCUT2D eigenvalue weighted by Crippen LogP contribution is 2.08. The molecule has 3 rings (SSSR count). The number of hydrogen-bond donors (Lipinski definition) is 0. The predicted molar refractivity (Wildman–Crippen MR) is 88.9 cm³/mol. The molecule has 130 valence electrons. The smallest absolute Gasteiger partial charge is 0.332 e. The number of likely N-dealkylation sites (N-methyl/N-ethyl adjacent to an activating group) is 1. The van der Waals surface area contributed by atoms with Gasteiger partial charge in [-0.1, -0.05) is 0 Å². The van der Waals surface area contributed by atoms with E-state index in [2.05, 4.69) is 9.88 Å². The van der Waals surface area contributed by atoms with Crippen molar-refractivity contribution in [1.29, 1.82) is 0 Å². The van der Waals surface area contributed by atoms with Crippen molar-refractivity contribution in [2.45, 2.75) is 13.0 Å². The van der Waals surface area contributed by atoms with E-state index in [1.165, 1.54) is 17.9 Å². The molecule has 0 saturated carbocycles. The summed E-state index contributed by atoms with van der Waals surface area (Å²) in [6, 6.07) is 0. The second-order valence-electron chi connectivity index (χ2n) is 6.25. The molecule has 0 radical (unpaired) electrons. The number of amides is 1. The summed E-state index contributed by atoms with van der Waals surface area (Å²) in [5, 5.41) is 0. The number of nitrogens with zero attached hydrogens (tertiary/aromatic N) is 6. The predicted octanol–water partition coefficient (Wildman–Crippen LogP) is -1.40. The van der Waals surface area contributed by atoms with Crippen LogP contribution in [0.4, 0.5) is 0 Å². The first-order chi connectivity index (χ1) is 11.4. The van der Waals surface area contributed by atoms with E-state index in [0.29, 0.717) is 24.1 Å². The summed E-state index contributed by atoms with van der Waals surface area (Å²) in [5.74, 6) is 0.0755. The Morgan fingerprint density at radius 1 is 1.08 bits per heavy atom. The van der Waals surface area contributed by atoms with Gasteiger partial charge in [0.05, 0.1) is 6.33 Å². The molecule has 1 aliphatic heterocycles. The second kappa shape index (κ2) is 6.23. The summed E-state index contributed by atoms with van der Waals surface area (Å²) < 4.78 is 4.06. The maximum atomic E-state index is 12.4. The number of rotatable bonds is 3. The third kappa shape index (κ3) is 2.75. The molecule has 0 aliphatic carbocycles. The lowest BCUT2D eigenvalue weighted by atomic mass is 10.3. The lowest BCUT2D eigenvalue weighted by Gasteiger charge is -2.32. The molecule has 1 fully saturated rings. The molecule has 1 saturated heterocycles. The Morgan fingerprint density at radius 2 is 1.75 bits per heavy atom. The van der Waals surface area contributed by atoms with E-state index in [1.807, 2.05) is 11.9 Å². The van der Waals surface area contributed by atoms with Gasteiger partial charge in [0.2, 0.25) is 5.91 Å². The lowest BCUT2D eigenvalue weighted by Crippen LogP contribution is -2.47. The fourth-order valence-electron chi connectivity index (χ4n) is 3.00. The number of hydrogen-bond acceptors (Lipinski definition) is 5. The van der Waals surface area contributed by atoms with Crippen LogP contribution in [0.3, 0.4) is 0 Å². The van der Waals surface area contributed by atoms with E-state index >= 15 is 0 Å². The largest absolute Gasteiger partial charge is 0.340 e. The van der Waals surface area contributed by atoms with Crippen LogP contribution in [0.2, 0.25) is 0 Å². The van der Waals surface area contributed by atoms with Crippen LogP contribution in [0.15, 0.2) is 15.9 Å². The summed E-state index contributed by atoms with van der Waals surface area (Å²) in [6.07, 6.45) is 1.82. The first-order valence-corrected chi connectivity index (χ1v) is 7.97. The summed E-state index contributed by atoms with van der Waals surface area (Å²) in [6.45, 7) is 3.59. The Morgan fingerprint density at radius 3 is 2.42 bits per heavy atom. The minimum Gasteiger partial charge on any atom is -0.340 e. The van der Waals surface area contributed by atoms with Gasteiger partial charge in [0.15, 0.2) is 11.2 Å². The molecule has 1 amide bonds. The molecule has 24 heavy (non-hydrogen) atoms. The van der Waals surface area contributed by atoms with Crippen molar-refractivity contribution in [3.8, 4) is 0 Å². The average molecular weight is 334 g/mol. The van der Waals surface area contributed by atoms with Crippen molar-refractivity contribution < 1.29 is 4.79 Å². The minimum absolute atomic E-state index is 0.0755. The van der Waals surface area contributed by atoms with Crippen molar-refractivity contribution in [3.05, 3.63) is 27.2 Å². The molecular formula is C15H22N6O3. The van der Waals surface area contributed by atoms with Gasteiger partial charge in [0, 0.05) is 53.2 Å². The summed E-state index contributed by atoms with van der Waals surface area (Å²) in [7, 11) is 5.06. The number of aryl methyl sites for hydroxylation is 2. The highest BCUT2D eigenvalue weighted by molar-refractivity contribution is 5.76. The number of aromatic nitrogens is 4. The fourth-order valence-corrected chi connectivity index (χ4v) is 3.00. The Balaban J connectivity index is 1.80. The summed E-state index contributed by atoms with van der Waals surface area (Å²) in [4.78, 5) is 44.8. The lowest BCUT2D eigenvalue weighted by molar-refractivity contribution is -0.132. The van der Waals surface area contributed by atoms with Crippen molar-refractivity contribution in [3.63, 3.8) is 0 Å². The SMILES string of the molecule is CN1CCN(C(=O)CCn2cnc3c2c(=O)n(C)c(=O)n3C)CC1. The van der Waals surface area contributed by atoms with Crippen LogP contribution in [0.25, 0.3) is 11.2 Å². The van der Waals surface area contributed by atoms with Crippen LogP contribution >= 0.6 is 0 Å². The van der Waals surface area contributed by atoms with Crippen LogP contribution in [0.5, 0.6) is 0 Å². The number of carbonyl (C=O) groups excluding carboxylic acids is 1. The van der Waals surface area contributed by atoms with E-state index < -0.39 is 11.2 Å². The van der Waals surface area contributed by atoms with Crippen molar-refractivity contribution in [2.75, 3.05) is 33.2 Å². The van der Waals surface area contributed by atoms with Gasteiger partial charge in [-0.05, 0) is 7.05 Å². The molecule has 0 bridgehead atoms. The van der Waals surface area contributed by atoms with Gasteiger partial charge < -0.3 is 14.4 Å². The second-order valence-corrected chi connectivity index (χ2v) is 6.25.